The Morgan fingerprint density at radius 3 is 2.71 bits per heavy atom. The third-order valence-electron chi connectivity index (χ3n) is 3.08. The van der Waals surface area contributed by atoms with E-state index in [1.165, 1.54) is 19.5 Å². The van der Waals surface area contributed by atoms with Crippen molar-refractivity contribution in [2.75, 3.05) is 13.1 Å². The minimum Gasteiger partial charge on any atom is -0.298 e. The molecule has 1 aliphatic rings. The summed E-state index contributed by atoms with van der Waals surface area (Å²) < 4.78 is 0. The molecule has 0 bridgehead atoms. The van der Waals surface area contributed by atoms with Crippen molar-refractivity contribution in [3.05, 3.63) is 22.4 Å². The number of likely N-dealkylation sites (tertiary alicyclic amines) is 1. The molecule has 14 heavy (non-hydrogen) atoms. The lowest BCUT2D eigenvalue weighted by Crippen LogP contribution is -2.39. The molecule has 1 aromatic rings. The molecular weight excluding hydrogens is 190 g/mol. The van der Waals surface area contributed by atoms with Crippen LogP contribution in [0, 0.1) is 0 Å². The van der Waals surface area contributed by atoms with Gasteiger partial charge in [-0.05, 0) is 45.2 Å². The summed E-state index contributed by atoms with van der Waals surface area (Å²) in [5, 5.41) is 2.19. The second-order valence-corrected chi connectivity index (χ2v) is 6.10. The number of nitrogens with zero attached hydrogens (tertiary/aromatic N) is 1. The molecule has 1 atom stereocenters. The highest BCUT2D eigenvalue weighted by molar-refractivity contribution is 7.10. The van der Waals surface area contributed by atoms with Crippen LogP contribution in [0.2, 0.25) is 0 Å². The van der Waals surface area contributed by atoms with Gasteiger partial charge in [0.15, 0.2) is 0 Å². The van der Waals surface area contributed by atoms with Gasteiger partial charge in [0, 0.05) is 22.9 Å². The van der Waals surface area contributed by atoms with Gasteiger partial charge in [0.1, 0.15) is 0 Å². The molecule has 0 spiro atoms. The quantitative estimate of drug-likeness (QED) is 0.685. The van der Waals surface area contributed by atoms with Gasteiger partial charge < -0.3 is 0 Å². The molecule has 78 valence electrons. The Labute approximate surface area is 90.7 Å². The predicted molar refractivity (Wildman–Crippen MR) is 63.0 cm³/mol. The summed E-state index contributed by atoms with van der Waals surface area (Å²) in [6, 6.07) is 4.45. The van der Waals surface area contributed by atoms with Crippen molar-refractivity contribution in [2.45, 2.75) is 38.6 Å². The molecule has 0 amide bonds. The first-order valence-electron chi connectivity index (χ1n) is 5.36. The van der Waals surface area contributed by atoms with Crippen LogP contribution >= 0.6 is 11.3 Å². The maximum absolute atomic E-state index is 2.59. The topological polar surface area (TPSA) is 3.24 Å². The molecule has 0 radical (unpaired) electrons. The van der Waals surface area contributed by atoms with Crippen LogP contribution in [0.1, 0.15) is 38.0 Å². The molecule has 1 saturated heterocycles. The fraction of sp³-hybridized carbons (Fsp3) is 0.667. The van der Waals surface area contributed by atoms with Gasteiger partial charge in [-0.2, -0.15) is 0 Å². The standard InChI is InChI=1S/C12H19NS/c1-12(2,3)13-7-6-10(9-13)11-5-4-8-14-11/h4-5,8,10H,6-7,9H2,1-3H3. The summed E-state index contributed by atoms with van der Waals surface area (Å²) in [5.41, 5.74) is 0.339. The zero-order valence-corrected chi connectivity index (χ0v) is 10.1. The zero-order valence-electron chi connectivity index (χ0n) is 9.29. The highest BCUT2D eigenvalue weighted by atomic mass is 32.1. The van der Waals surface area contributed by atoms with Crippen LogP contribution in [0.4, 0.5) is 0 Å². The van der Waals surface area contributed by atoms with Gasteiger partial charge in [0.2, 0.25) is 0 Å². The third-order valence-corrected chi connectivity index (χ3v) is 4.12. The van der Waals surface area contributed by atoms with E-state index in [-0.39, 0.29) is 0 Å². The van der Waals surface area contributed by atoms with Crippen molar-refractivity contribution >= 4 is 11.3 Å². The molecule has 2 rings (SSSR count). The minimum atomic E-state index is 0.339. The summed E-state index contributed by atoms with van der Waals surface area (Å²) in [4.78, 5) is 4.16. The Bertz CT molecular complexity index is 284. The number of thiophene rings is 1. The number of hydrogen-bond donors (Lipinski definition) is 0. The van der Waals surface area contributed by atoms with Crippen LogP contribution in [-0.4, -0.2) is 23.5 Å². The minimum absolute atomic E-state index is 0.339. The average molecular weight is 209 g/mol. The Hall–Kier alpha value is -0.340. The van der Waals surface area contributed by atoms with E-state index >= 15 is 0 Å². The summed E-state index contributed by atoms with van der Waals surface area (Å²) in [6.45, 7) is 9.42. The number of hydrogen-bond acceptors (Lipinski definition) is 2. The first-order valence-corrected chi connectivity index (χ1v) is 6.24. The van der Waals surface area contributed by atoms with Crippen molar-refractivity contribution in [3.8, 4) is 0 Å². The predicted octanol–water partition coefficient (Wildman–Crippen LogP) is 3.34. The monoisotopic (exact) mass is 209 g/mol. The Kier molecular flexibility index (Phi) is 2.67. The normalized spacial score (nSPS) is 24.4. The second kappa shape index (κ2) is 3.67. The lowest BCUT2D eigenvalue weighted by molar-refractivity contribution is 0.173. The first-order chi connectivity index (χ1) is 6.57. The molecule has 1 fully saturated rings. The van der Waals surface area contributed by atoms with Crippen LogP contribution in [0.15, 0.2) is 17.5 Å². The van der Waals surface area contributed by atoms with Gasteiger partial charge in [-0.1, -0.05) is 6.07 Å². The van der Waals surface area contributed by atoms with E-state index in [0.29, 0.717) is 5.54 Å². The maximum atomic E-state index is 2.59. The van der Waals surface area contributed by atoms with E-state index in [1.807, 2.05) is 11.3 Å². The zero-order chi connectivity index (χ0) is 10.2. The van der Waals surface area contributed by atoms with E-state index in [0.717, 1.165) is 5.92 Å². The Morgan fingerprint density at radius 2 is 2.21 bits per heavy atom. The van der Waals surface area contributed by atoms with Gasteiger partial charge in [-0.25, -0.2) is 0 Å². The van der Waals surface area contributed by atoms with Gasteiger partial charge in [0.05, 0.1) is 0 Å². The molecule has 2 heterocycles. The SMILES string of the molecule is CC(C)(C)N1CCC(c2cccs2)C1. The van der Waals surface area contributed by atoms with Crippen molar-refractivity contribution in [3.63, 3.8) is 0 Å². The van der Waals surface area contributed by atoms with Crippen LogP contribution in [0.5, 0.6) is 0 Å². The Balaban J connectivity index is 2.02. The van der Waals surface area contributed by atoms with E-state index in [1.54, 1.807) is 4.88 Å². The molecule has 1 unspecified atom stereocenters. The van der Waals surface area contributed by atoms with Crippen LogP contribution < -0.4 is 0 Å². The molecule has 2 heteroatoms. The molecule has 0 saturated carbocycles. The van der Waals surface area contributed by atoms with E-state index in [9.17, 15) is 0 Å². The molecule has 1 aliphatic heterocycles. The smallest absolute Gasteiger partial charge is 0.0125 e. The van der Waals surface area contributed by atoms with Crippen molar-refractivity contribution in [1.82, 2.24) is 4.90 Å². The highest BCUT2D eigenvalue weighted by Gasteiger charge is 2.31. The highest BCUT2D eigenvalue weighted by Crippen LogP contribution is 2.33. The van der Waals surface area contributed by atoms with Gasteiger partial charge in [-0.3, -0.25) is 4.90 Å². The van der Waals surface area contributed by atoms with Gasteiger partial charge in [-0.15, -0.1) is 11.3 Å². The fourth-order valence-electron chi connectivity index (χ4n) is 2.13. The summed E-state index contributed by atoms with van der Waals surface area (Å²) >= 11 is 1.91. The molecule has 1 aromatic heterocycles. The number of rotatable bonds is 1. The summed E-state index contributed by atoms with van der Waals surface area (Å²) in [7, 11) is 0. The van der Waals surface area contributed by atoms with Crippen LogP contribution in [-0.2, 0) is 0 Å². The first kappa shape index (κ1) is 10.2. The van der Waals surface area contributed by atoms with Gasteiger partial charge >= 0.3 is 0 Å². The van der Waals surface area contributed by atoms with Crippen molar-refractivity contribution < 1.29 is 0 Å². The molecule has 0 aliphatic carbocycles. The average Bonchev–Trinajstić information content (AvgIpc) is 2.73. The van der Waals surface area contributed by atoms with Crippen LogP contribution in [0.3, 0.4) is 0 Å². The Morgan fingerprint density at radius 1 is 1.43 bits per heavy atom. The molecule has 0 N–H and O–H groups in total. The molecule has 0 aromatic carbocycles. The lowest BCUT2D eigenvalue weighted by atomic mass is 10.1. The fourth-order valence-corrected chi connectivity index (χ4v) is 2.98. The van der Waals surface area contributed by atoms with Gasteiger partial charge in [0.25, 0.3) is 0 Å². The lowest BCUT2D eigenvalue weighted by Gasteiger charge is -2.31. The molecule has 1 nitrogen and oxygen atoms in total. The second-order valence-electron chi connectivity index (χ2n) is 5.12. The largest absolute Gasteiger partial charge is 0.298 e. The van der Waals surface area contributed by atoms with E-state index in [2.05, 4.69) is 43.2 Å². The van der Waals surface area contributed by atoms with Crippen LogP contribution in [0.25, 0.3) is 0 Å². The van der Waals surface area contributed by atoms with Crippen molar-refractivity contribution in [1.29, 1.82) is 0 Å². The van der Waals surface area contributed by atoms with Crippen molar-refractivity contribution in [2.24, 2.45) is 0 Å². The molecular formula is C12H19NS. The third kappa shape index (κ3) is 2.01. The maximum Gasteiger partial charge on any atom is 0.0125 e. The summed E-state index contributed by atoms with van der Waals surface area (Å²) in [6.07, 6.45) is 1.33. The summed E-state index contributed by atoms with van der Waals surface area (Å²) in [5.74, 6) is 0.786. The van der Waals surface area contributed by atoms with E-state index in [4.69, 9.17) is 0 Å². The van der Waals surface area contributed by atoms with E-state index < -0.39 is 0 Å².